The fourth-order valence-electron chi connectivity index (χ4n) is 2.05. The van der Waals surface area contributed by atoms with Crippen molar-refractivity contribution in [1.82, 2.24) is 15.0 Å². The van der Waals surface area contributed by atoms with Gasteiger partial charge in [-0.25, -0.2) is 13.1 Å². The first-order chi connectivity index (χ1) is 9.94. The van der Waals surface area contributed by atoms with Gasteiger partial charge in [0.05, 0.1) is 6.54 Å². The topological polar surface area (TPSA) is 84.2 Å². The Hall–Kier alpha value is -1.70. The number of aryl methyl sites for hydroxylation is 1. The van der Waals surface area contributed by atoms with Crippen molar-refractivity contribution in [2.45, 2.75) is 31.3 Å². The zero-order chi connectivity index (χ0) is 15.5. The number of hydrogen-bond donors (Lipinski definition) is 2. The number of aromatic nitrogens is 1. The molecule has 0 saturated carbocycles. The summed E-state index contributed by atoms with van der Waals surface area (Å²) in [7, 11) is -1.86. The van der Waals surface area contributed by atoms with Gasteiger partial charge in [-0.3, -0.25) is 4.98 Å². The van der Waals surface area contributed by atoms with E-state index >= 15 is 0 Å². The maximum absolute atomic E-state index is 12.4. The van der Waals surface area contributed by atoms with Crippen LogP contribution < -0.4 is 10.0 Å². The number of furan rings is 1. The Kier molecular flexibility index (Phi) is 4.76. The lowest BCUT2D eigenvalue weighted by Gasteiger charge is -2.13. The molecule has 0 bridgehead atoms. The molecule has 0 aromatic carbocycles. The van der Waals surface area contributed by atoms with E-state index in [1.807, 2.05) is 6.07 Å². The molecule has 0 radical (unpaired) electrons. The smallest absolute Gasteiger partial charge is 0.244 e. The highest BCUT2D eigenvalue weighted by atomic mass is 32.2. The standard InChI is InChI=1S/C14H19N3O3S/c1-10(12-5-4-6-16-8-12)17-21(18,19)14-7-13(9-15-3)20-11(14)2/h4-8,10,15,17H,9H2,1-3H3. The largest absolute Gasteiger partial charge is 0.464 e. The van der Waals surface area contributed by atoms with Crippen LogP contribution in [0.2, 0.25) is 0 Å². The third-order valence-electron chi connectivity index (χ3n) is 3.08. The molecule has 2 N–H and O–H groups in total. The molecule has 0 fully saturated rings. The van der Waals surface area contributed by atoms with Gasteiger partial charge in [-0.1, -0.05) is 6.07 Å². The quantitative estimate of drug-likeness (QED) is 0.849. The highest BCUT2D eigenvalue weighted by molar-refractivity contribution is 7.89. The number of hydrogen-bond acceptors (Lipinski definition) is 5. The lowest BCUT2D eigenvalue weighted by atomic mass is 10.2. The molecule has 6 nitrogen and oxygen atoms in total. The summed E-state index contributed by atoms with van der Waals surface area (Å²) in [5.74, 6) is 0.968. The zero-order valence-electron chi connectivity index (χ0n) is 12.3. The lowest BCUT2D eigenvalue weighted by molar-refractivity contribution is 0.465. The number of sulfonamides is 1. The van der Waals surface area contributed by atoms with E-state index in [4.69, 9.17) is 4.42 Å². The third-order valence-corrected chi connectivity index (χ3v) is 4.73. The van der Waals surface area contributed by atoms with Gasteiger partial charge in [-0.2, -0.15) is 0 Å². The van der Waals surface area contributed by atoms with Gasteiger partial charge in [-0.15, -0.1) is 0 Å². The number of nitrogens with zero attached hydrogens (tertiary/aromatic N) is 1. The van der Waals surface area contributed by atoms with Crippen molar-refractivity contribution >= 4 is 10.0 Å². The minimum Gasteiger partial charge on any atom is -0.464 e. The molecule has 2 heterocycles. The second-order valence-corrected chi connectivity index (χ2v) is 6.48. The van der Waals surface area contributed by atoms with Crippen molar-refractivity contribution in [3.05, 3.63) is 47.7 Å². The van der Waals surface area contributed by atoms with Crippen molar-refractivity contribution in [3.8, 4) is 0 Å². The summed E-state index contributed by atoms with van der Waals surface area (Å²) in [5.41, 5.74) is 0.803. The van der Waals surface area contributed by atoms with Gasteiger partial charge in [0, 0.05) is 24.5 Å². The molecule has 1 atom stereocenters. The van der Waals surface area contributed by atoms with Gasteiger partial charge in [0.1, 0.15) is 16.4 Å². The Morgan fingerprint density at radius 2 is 2.19 bits per heavy atom. The van der Waals surface area contributed by atoms with Gasteiger partial charge in [-0.05, 0) is 32.5 Å². The van der Waals surface area contributed by atoms with Crippen LogP contribution in [0.25, 0.3) is 0 Å². The van der Waals surface area contributed by atoms with E-state index in [0.29, 0.717) is 18.1 Å². The minimum atomic E-state index is -3.64. The molecule has 0 spiro atoms. The van der Waals surface area contributed by atoms with Gasteiger partial charge in [0.15, 0.2) is 0 Å². The second kappa shape index (κ2) is 6.38. The molecule has 2 rings (SSSR count). The van der Waals surface area contributed by atoms with Crippen LogP contribution in [-0.4, -0.2) is 20.4 Å². The molecular weight excluding hydrogens is 290 g/mol. The van der Waals surface area contributed by atoms with E-state index in [9.17, 15) is 8.42 Å². The molecular formula is C14H19N3O3S. The van der Waals surface area contributed by atoms with E-state index < -0.39 is 10.0 Å². The van der Waals surface area contributed by atoms with Gasteiger partial charge >= 0.3 is 0 Å². The van der Waals surface area contributed by atoms with Crippen molar-refractivity contribution in [2.75, 3.05) is 7.05 Å². The van der Waals surface area contributed by atoms with Crippen LogP contribution in [0.5, 0.6) is 0 Å². The third kappa shape index (κ3) is 3.69. The maximum atomic E-state index is 12.4. The predicted octanol–water partition coefficient (Wildman–Crippen LogP) is 1.74. The molecule has 114 valence electrons. The minimum absolute atomic E-state index is 0.170. The summed E-state index contributed by atoms with van der Waals surface area (Å²) in [4.78, 5) is 4.16. The second-order valence-electron chi connectivity index (χ2n) is 4.79. The molecule has 7 heteroatoms. The first kappa shape index (κ1) is 15.7. The fourth-order valence-corrected chi connectivity index (χ4v) is 3.48. The van der Waals surface area contributed by atoms with E-state index in [0.717, 1.165) is 5.56 Å². The van der Waals surface area contributed by atoms with Crippen molar-refractivity contribution in [1.29, 1.82) is 0 Å². The average Bonchev–Trinajstić information content (AvgIpc) is 2.81. The van der Waals surface area contributed by atoms with E-state index in [1.165, 1.54) is 0 Å². The van der Waals surface area contributed by atoms with Crippen LogP contribution >= 0.6 is 0 Å². The summed E-state index contributed by atoms with van der Waals surface area (Å²) in [5, 5.41) is 2.93. The fraction of sp³-hybridized carbons (Fsp3) is 0.357. The number of pyridine rings is 1. The van der Waals surface area contributed by atoms with Crippen LogP contribution in [0.1, 0.15) is 30.0 Å². The molecule has 21 heavy (non-hydrogen) atoms. The van der Waals surface area contributed by atoms with Crippen LogP contribution in [0, 0.1) is 6.92 Å². The molecule has 1 unspecified atom stereocenters. The SMILES string of the molecule is CNCc1cc(S(=O)(=O)NC(C)c2cccnc2)c(C)o1. The van der Waals surface area contributed by atoms with Crippen molar-refractivity contribution in [2.24, 2.45) is 0 Å². The van der Waals surface area contributed by atoms with Gasteiger partial charge in [0.2, 0.25) is 10.0 Å². The summed E-state index contributed by atoms with van der Waals surface area (Å²) in [6.45, 7) is 3.90. The molecule has 2 aromatic heterocycles. The molecule has 2 aromatic rings. The highest BCUT2D eigenvalue weighted by Gasteiger charge is 2.23. The Morgan fingerprint density at radius 3 is 2.81 bits per heavy atom. The van der Waals surface area contributed by atoms with Gasteiger partial charge in [0.25, 0.3) is 0 Å². The molecule has 0 amide bonds. The first-order valence-corrected chi connectivity index (χ1v) is 8.08. The zero-order valence-corrected chi connectivity index (χ0v) is 13.1. The molecule has 0 saturated heterocycles. The van der Waals surface area contributed by atoms with Crippen molar-refractivity contribution in [3.63, 3.8) is 0 Å². The van der Waals surface area contributed by atoms with Gasteiger partial charge < -0.3 is 9.73 Å². The number of nitrogens with one attached hydrogen (secondary N) is 2. The molecule has 0 aliphatic heterocycles. The van der Waals surface area contributed by atoms with Crippen LogP contribution in [0.15, 0.2) is 39.9 Å². The monoisotopic (exact) mass is 309 g/mol. The highest BCUT2D eigenvalue weighted by Crippen LogP contribution is 2.22. The van der Waals surface area contributed by atoms with E-state index in [2.05, 4.69) is 15.0 Å². The lowest BCUT2D eigenvalue weighted by Crippen LogP contribution is -2.27. The average molecular weight is 309 g/mol. The van der Waals surface area contributed by atoms with Crippen LogP contribution in [0.4, 0.5) is 0 Å². The Labute approximate surface area is 124 Å². The molecule has 0 aliphatic carbocycles. The summed E-state index contributed by atoms with van der Waals surface area (Å²) in [6, 6.07) is 4.78. The first-order valence-electron chi connectivity index (χ1n) is 6.60. The van der Waals surface area contributed by atoms with Crippen LogP contribution in [-0.2, 0) is 16.6 Å². The van der Waals surface area contributed by atoms with E-state index in [1.54, 1.807) is 45.4 Å². The normalized spacial score (nSPS) is 13.3. The van der Waals surface area contributed by atoms with Crippen molar-refractivity contribution < 1.29 is 12.8 Å². The Bertz CT molecular complexity index is 696. The van der Waals surface area contributed by atoms with E-state index in [-0.39, 0.29) is 10.9 Å². The molecule has 0 aliphatic rings. The Balaban J connectivity index is 2.22. The maximum Gasteiger partial charge on any atom is 0.244 e. The summed E-state index contributed by atoms with van der Waals surface area (Å²) < 4.78 is 33.0. The predicted molar refractivity (Wildman–Crippen MR) is 79.2 cm³/mol. The summed E-state index contributed by atoms with van der Waals surface area (Å²) >= 11 is 0. The number of rotatable bonds is 6. The summed E-state index contributed by atoms with van der Waals surface area (Å²) in [6.07, 6.45) is 3.29. The van der Waals surface area contributed by atoms with Crippen LogP contribution in [0.3, 0.4) is 0 Å². The Morgan fingerprint density at radius 1 is 1.43 bits per heavy atom.